The topological polar surface area (TPSA) is 26.3 Å². The number of esters is 1. The van der Waals surface area contributed by atoms with Gasteiger partial charge in [-0.05, 0) is 68.6 Å². The number of hydrogen-bond acceptors (Lipinski definition) is 2. The van der Waals surface area contributed by atoms with Crippen molar-refractivity contribution in [1.82, 2.24) is 0 Å². The molecule has 0 atom stereocenters. The third-order valence-electron chi connectivity index (χ3n) is 9.63. The van der Waals surface area contributed by atoms with E-state index in [1.807, 2.05) is 0 Å². The van der Waals surface area contributed by atoms with Gasteiger partial charge in [0.25, 0.3) is 0 Å². The molecule has 0 radical (unpaired) electrons. The highest BCUT2D eigenvalue weighted by Gasteiger charge is 2.57. The van der Waals surface area contributed by atoms with Gasteiger partial charge in [-0.25, -0.2) is 0 Å². The lowest BCUT2D eigenvalue weighted by Gasteiger charge is -2.55. The summed E-state index contributed by atoms with van der Waals surface area (Å²) >= 11 is 0. The van der Waals surface area contributed by atoms with E-state index in [0.29, 0.717) is 6.61 Å². The molecule has 3 rings (SSSR count). The number of rotatable bonds is 11. The molecule has 2 nitrogen and oxygen atoms in total. The third kappa shape index (κ3) is 6.08. The number of ether oxygens (including phenoxy) is 1. The van der Waals surface area contributed by atoms with Crippen LogP contribution in [0.5, 0.6) is 0 Å². The molecule has 3 saturated carbocycles. The number of unbranched alkanes of at least 4 members (excludes halogenated alkanes) is 4. The first-order valence-corrected chi connectivity index (χ1v) is 14.3. The molecular weight excluding hydrogens is 380 g/mol. The van der Waals surface area contributed by atoms with E-state index in [-0.39, 0.29) is 16.8 Å². The highest BCUT2D eigenvalue weighted by molar-refractivity contribution is 5.78. The minimum Gasteiger partial charge on any atom is -0.465 e. The van der Waals surface area contributed by atoms with Crippen LogP contribution >= 0.6 is 0 Å². The quantitative estimate of drug-likeness (QED) is 0.240. The molecule has 0 bridgehead atoms. The van der Waals surface area contributed by atoms with Crippen LogP contribution in [0.3, 0.4) is 0 Å². The van der Waals surface area contributed by atoms with Crippen LogP contribution in [0.15, 0.2) is 0 Å². The molecule has 0 saturated heterocycles. The zero-order valence-corrected chi connectivity index (χ0v) is 21.0. The largest absolute Gasteiger partial charge is 0.465 e. The van der Waals surface area contributed by atoms with E-state index in [1.165, 1.54) is 116 Å². The van der Waals surface area contributed by atoms with Crippen molar-refractivity contribution >= 4 is 5.97 Å². The summed E-state index contributed by atoms with van der Waals surface area (Å²) in [5.41, 5.74) is 0.0366. The van der Waals surface area contributed by atoms with Crippen molar-refractivity contribution in [1.29, 1.82) is 0 Å². The first kappa shape index (κ1) is 25.1. The predicted molar refractivity (Wildman–Crippen MR) is 131 cm³/mol. The highest BCUT2D eigenvalue weighted by Crippen LogP contribution is 2.61. The summed E-state index contributed by atoms with van der Waals surface area (Å²) in [6.45, 7) is 5.24. The first-order valence-electron chi connectivity index (χ1n) is 14.3. The molecule has 0 unspecified atom stereocenters. The van der Waals surface area contributed by atoms with E-state index in [1.54, 1.807) is 0 Å². The van der Waals surface area contributed by atoms with Crippen LogP contribution in [-0.2, 0) is 9.53 Å². The van der Waals surface area contributed by atoms with Crippen LogP contribution in [-0.4, -0.2) is 12.6 Å². The molecule has 180 valence electrons. The fourth-order valence-corrected chi connectivity index (χ4v) is 7.83. The van der Waals surface area contributed by atoms with Crippen molar-refractivity contribution in [2.45, 2.75) is 149 Å². The van der Waals surface area contributed by atoms with Crippen molar-refractivity contribution in [3.05, 3.63) is 0 Å². The van der Waals surface area contributed by atoms with E-state index >= 15 is 0 Å². The van der Waals surface area contributed by atoms with E-state index < -0.39 is 0 Å². The Bertz CT molecular complexity index is 505. The molecule has 0 amide bonds. The molecule has 0 aliphatic heterocycles. The Morgan fingerprint density at radius 3 is 1.97 bits per heavy atom. The van der Waals surface area contributed by atoms with Gasteiger partial charge in [0, 0.05) is 0 Å². The van der Waals surface area contributed by atoms with Crippen LogP contribution < -0.4 is 0 Å². The fourth-order valence-electron chi connectivity index (χ4n) is 7.83. The predicted octanol–water partition coefficient (Wildman–Crippen LogP) is 9.01. The van der Waals surface area contributed by atoms with Crippen LogP contribution in [0, 0.1) is 22.7 Å². The molecule has 3 aliphatic carbocycles. The molecule has 0 aromatic carbocycles. The maximum absolute atomic E-state index is 13.7. The highest BCUT2D eigenvalue weighted by atomic mass is 16.5. The summed E-state index contributed by atoms with van der Waals surface area (Å²) in [6, 6.07) is 0. The molecule has 3 fully saturated rings. The molecule has 3 aliphatic rings. The van der Waals surface area contributed by atoms with Crippen molar-refractivity contribution in [2.24, 2.45) is 22.7 Å². The van der Waals surface area contributed by atoms with Crippen LogP contribution in [0.1, 0.15) is 149 Å². The van der Waals surface area contributed by atoms with E-state index in [0.717, 1.165) is 31.1 Å². The SMILES string of the molecule is CCCCCCCOC(=O)C1(C2(CCC)CCC(C3CCCCC3)CC2)CCCCC1. The van der Waals surface area contributed by atoms with Gasteiger partial charge in [0.05, 0.1) is 12.0 Å². The van der Waals surface area contributed by atoms with Gasteiger partial charge >= 0.3 is 5.97 Å². The Labute approximate surface area is 193 Å². The lowest BCUT2D eigenvalue weighted by atomic mass is 9.49. The maximum Gasteiger partial charge on any atom is 0.312 e. The Hall–Kier alpha value is -0.530. The second-order valence-corrected chi connectivity index (χ2v) is 11.5. The average molecular weight is 433 g/mol. The number of carbonyl (C=O) groups is 1. The van der Waals surface area contributed by atoms with Crippen molar-refractivity contribution < 1.29 is 9.53 Å². The normalized spacial score (nSPS) is 29.5. The second-order valence-electron chi connectivity index (χ2n) is 11.5. The summed E-state index contributed by atoms with van der Waals surface area (Å²) in [5, 5.41) is 0. The number of carbonyl (C=O) groups excluding carboxylic acids is 1. The van der Waals surface area contributed by atoms with Crippen LogP contribution in [0.25, 0.3) is 0 Å². The molecular formula is C29H52O2. The van der Waals surface area contributed by atoms with Gasteiger partial charge in [-0.15, -0.1) is 0 Å². The van der Waals surface area contributed by atoms with Gasteiger partial charge < -0.3 is 4.74 Å². The van der Waals surface area contributed by atoms with Gasteiger partial charge in [-0.1, -0.05) is 97.3 Å². The molecule has 0 aromatic heterocycles. The Kier molecular flexibility index (Phi) is 10.2. The lowest BCUT2D eigenvalue weighted by Crippen LogP contribution is -2.52. The molecule has 2 heteroatoms. The average Bonchev–Trinajstić information content (AvgIpc) is 2.83. The zero-order chi connectivity index (χ0) is 22.0. The zero-order valence-electron chi connectivity index (χ0n) is 21.0. The van der Waals surface area contributed by atoms with Gasteiger partial charge in [0.1, 0.15) is 0 Å². The monoisotopic (exact) mass is 432 g/mol. The number of hydrogen-bond donors (Lipinski definition) is 0. The van der Waals surface area contributed by atoms with Gasteiger partial charge in [0.15, 0.2) is 0 Å². The van der Waals surface area contributed by atoms with E-state index in [4.69, 9.17) is 4.74 Å². The van der Waals surface area contributed by atoms with Crippen molar-refractivity contribution in [2.75, 3.05) is 6.61 Å². The smallest absolute Gasteiger partial charge is 0.312 e. The Morgan fingerprint density at radius 2 is 1.32 bits per heavy atom. The summed E-state index contributed by atoms with van der Waals surface area (Å²) < 4.78 is 6.09. The van der Waals surface area contributed by atoms with Crippen LogP contribution in [0.2, 0.25) is 0 Å². The van der Waals surface area contributed by atoms with Crippen molar-refractivity contribution in [3.63, 3.8) is 0 Å². The first-order chi connectivity index (χ1) is 15.2. The Morgan fingerprint density at radius 1 is 0.710 bits per heavy atom. The summed E-state index contributed by atoms with van der Waals surface area (Å²) in [6.07, 6.45) is 27.1. The van der Waals surface area contributed by atoms with Crippen molar-refractivity contribution in [3.8, 4) is 0 Å². The molecule has 0 spiro atoms. The summed E-state index contributed by atoms with van der Waals surface area (Å²) in [5.74, 6) is 2.11. The van der Waals surface area contributed by atoms with Gasteiger partial charge in [0.2, 0.25) is 0 Å². The maximum atomic E-state index is 13.7. The van der Waals surface area contributed by atoms with E-state index in [2.05, 4.69) is 13.8 Å². The standard InChI is InChI=1S/C29H52O2/c1-3-5-6-7-14-24-31-27(30)29(20-12-9-13-21-29)28(19-4-2)22-17-26(18-23-28)25-15-10-8-11-16-25/h25-26H,3-24H2,1-2H3. The minimum absolute atomic E-state index is 0.178. The Balaban J connectivity index is 1.66. The van der Waals surface area contributed by atoms with Gasteiger partial charge in [-0.3, -0.25) is 4.79 Å². The lowest BCUT2D eigenvalue weighted by molar-refractivity contribution is -0.175. The third-order valence-corrected chi connectivity index (χ3v) is 9.63. The molecule has 0 N–H and O–H groups in total. The van der Waals surface area contributed by atoms with Crippen LogP contribution in [0.4, 0.5) is 0 Å². The van der Waals surface area contributed by atoms with E-state index in [9.17, 15) is 4.79 Å². The molecule has 0 aromatic rings. The molecule has 0 heterocycles. The summed E-state index contributed by atoms with van der Waals surface area (Å²) in [4.78, 5) is 13.7. The molecule has 31 heavy (non-hydrogen) atoms. The fraction of sp³-hybridized carbons (Fsp3) is 0.966. The van der Waals surface area contributed by atoms with Gasteiger partial charge in [-0.2, -0.15) is 0 Å². The summed E-state index contributed by atoms with van der Waals surface area (Å²) in [7, 11) is 0. The second kappa shape index (κ2) is 12.6. The minimum atomic E-state index is -0.178.